The predicted molar refractivity (Wildman–Crippen MR) is 82.7 cm³/mol. The molecule has 1 N–H and O–H groups in total. The van der Waals surface area contributed by atoms with Gasteiger partial charge in [0.1, 0.15) is 5.82 Å². The van der Waals surface area contributed by atoms with Crippen molar-refractivity contribution in [2.75, 3.05) is 11.9 Å². The predicted octanol–water partition coefficient (Wildman–Crippen LogP) is 3.78. The van der Waals surface area contributed by atoms with Crippen LogP contribution in [-0.2, 0) is 13.1 Å². The Morgan fingerprint density at radius 2 is 1.95 bits per heavy atom. The molecule has 0 radical (unpaired) electrons. The highest BCUT2D eigenvalue weighted by atomic mass is 32.1. The molecule has 1 aliphatic carbocycles. The third-order valence-electron chi connectivity index (χ3n) is 3.52. The van der Waals surface area contributed by atoms with Gasteiger partial charge in [-0.2, -0.15) is 0 Å². The second-order valence-corrected chi connectivity index (χ2v) is 6.58. The molecule has 3 rings (SSSR count). The molecular formula is C16H19FN2S. The van der Waals surface area contributed by atoms with E-state index in [1.54, 1.807) is 17.4 Å². The van der Waals surface area contributed by atoms with Crippen LogP contribution in [0.3, 0.4) is 0 Å². The Balaban J connectivity index is 1.60. The van der Waals surface area contributed by atoms with Crippen molar-refractivity contribution < 1.29 is 4.39 Å². The molecule has 20 heavy (non-hydrogen) atoms. The van der Waals surface area contributed by atoms with Gasteiger partial charge in [0.25, 0.3) is 0 Å². The van der Waals surface area contributed by atoms with Crippen LogP contribution in [0.2, 0.25) is 0 Å². The Morgan fingerprint density at radius 1 is 1.20 bits per heavy atom. The molecule has 106 valence electrons. The first-order valence-electron chi connectivity index (χ1n) is 6.99. The van der Waals surface area contributed by atoms with Crippen molar-refractivity contribution in [1.29, 1.82) is 0 Å². The SMILES string of the molecule is CN(Cc1ccc(CNC2CC2)s1)c1ccccc1F. The highest BCUT2D eigenvalue weighted by molar-refractivity contribution is 7.12. The molecule has 0 amide bonds. The van der Waals surface area contributed by atoms with Gasteiger partial charge in [0.2, 0.25) is 0 Å². The van der Waals surface area contributed by atoms with E-state index in [-0.39, 0.29) is 5.82 Å². The maximum absolute atomic E-state index is 13.7. The number of hydrogen-bond acceptors (Lipinski definition) is 3. The Kier molecular flexibility index (Phi) is 4.03. The molecule has 0 atom stereocenters. The molecule has 2 nitrogen and oxygen atoms in total. The summed E-state index contributed by atoms with van der Waals surface area (Å²) in [5.74, 6) is -0.165. The molecule has 4 heteroatoms. The van der Waals surface area contributed by atoms with Crippen LogP contribution < -0.4 is 10.2 Å². The standard InChI is InChI=1S/C16H19FN2S/c1-19(16-5-3-2-4-15(16)17)11-14-9-8-13(20-14)10-18-12-6-7-12/h2-5,8-9,12,18H,6-7,10-11H2,1H3. The summed E-state index contributed by atoms with van der Waals surface area (Å²) in [6, 6.07) is 12.0. The smallest absolute Gasteiger partial charge is 0.146 e. The lowest BCUT2D eigenvalue weighted by atomic mass is 10.3. The first kappa shape index (κ1) is 13.6. The Hall–Kier alpha value is -1.39. The number of nitrogens with one attached hydrogen (secondary N) is 1. The van der Waals surface area contributed by atoms with Gasteiger partial charge in [-0.15, -0.1) is 11.3 Å². The van der Waals surface area contributed by atoms with Gasteiger partial charge in [-0.1, -0.05) is 12.1 Å². The van der Waals surface area contributed by atoms with Crippen LogP contribution in [0.5, 0.6) is 0 Å². The summed E-state index contributed by atoms with van der Waals surface area (Å²) in [6.45, 7) is 1.70. The summed E-state index contributed by atoms with van der Waals surface area (Å²) in [7, 11) is 1.93. The number of nitrogens with zero attached hydrogens (tertiary/aromatic N) is 1. The topological polar surface area (TPSA) is 15.3 Å². The molecule has 2 aromatic rings. The number of hydrogen-bond donors (Lipinski definition) is 1. The number of para-hydroxylation sites is 1. The molecule has 1 aromatic heterocycles. The van der Waals surface area contributed by atoms with Crippen LogP contribution in [-0.4, -0.2) is 13.1 Å². The number of halogens is 1. The van der Waals surface area contributed by atoms with E-state index >= 15 is 0 Å². The summed E-state index contributed by atoms with van der Waals surface area (Å²) in [5, 5.41) is 3.52. The zero-order valence-corrected chi connectivity index (χ0v) is 12.4. The second kappa shape index (κ2) is 5.94. The maximum Gasteiger partial charge on any atom is 0.146 e. The zero-order chi connectivity index (χ0) is 13.9. The van der Waals surface area contributed by atoms with Gasteiger partial charge in [-0.05, 0) is 37.1 Å². The van der Waals surface area contributed by atoms with E-state index in [2.05, 4.69) is 17.4 Å². The molecule has 0 bridgehead atoms. The van der Waals surface area contributed by atoms with Crippen molar-refractivity contribution in [2.45, 2.75) is 32.0 Å². The van der Waals surface area contributed by atoms with Crippen molar-refractivity contribution in [3.05, 3.63) is 52.0 Å². The van der Waals surface area contributed by atoms with Gasteiger partial charge in [0, 0.05) is 29.4 Å². The molecule has 0 saturated heterocycles. The molecule has 1 aromatic carbocycles. The van der Waals surface area contributed by atoms with E-state index < -0.39 is 0 Å². The monoisotopic (exact) mass is 290 g/mol. The normalized spacial score (nSPS) is 14.5. The first-order chi connectivity index (χ1) is 9.72. The second-order valence-electron chi connectivity index (χ2n) is 5.33. The third-order valence-corrected chi connectivity index (χ3v) is 4.59. The van der Waals surface area contributed by atoms with E-state index in [9.17, 15) is 4.39 Å². The fourth-order valence-corrected chi connectivity index (χ4v) is 3.24. The van der Waals surface area contributed by atoms with E-state index in [0.717, 1.165) is 19.1 Å². The Morgan fingerprint density at radius 3 is 2.70 bits per heavy atom. The van der Waals surface area contributed by atoms with Gasteiger partial charge in [-0.25, -0.2) is 4.39 Å². The summed E-state index contributed by atoms with van der Waals surface area (Å²) in [5.41, 5.74) is 0.651. The van der Waals surface area contributed by atoms with E-state index in [4.69, 9.17) is 0 Å². The number of thiophene rings is 1. The zero-order valence-electron chi connectivity index (χ0n) is 11.6. The molecule has 0 spiro atoms. The van der Waals surface area contributed by atoms with E-state index in [1.807, 2.05) is 24.1 Å². The van der Waals surface area contributed by atoms with Crippen molar-refractivity contribution in [2.24, 2.45) is 0 Å². The van der Waals surface area contributed by atoms with Crippen molar-refractivity contribution in [3.63, 3.8) is 0 Å². The lowest BCUT2D eigenvalue weighted by Gasteiger charge is -2.18. The molecule has 1 saturated carbocycles. The Bertz CT molecular complexity index is 577. The molecular weight excluding hydrogens is 271 g/mol. The molecule has 1 aliphatic rings. The van der Waals surface area contributed by atoms with E-state index in [0.29, 0.717) is 5.69 Å². The van der Waals surface area contributed by atoms with Crippen molar-refractivity contribution >= 4 is 17.0 Å². The fourth-order valence-electron chi connectivity index (χ4n) is 2.21. The first-order valence-corrected chi connectivity index (χ1v) is 7.80. The minimum Gasteiger partial charge on any atom is -0.367 e. The lowest BCUT2D eigenvalue weighted by Crippen LogP contribution is -2.16. The third kappa shape index (κ3) is 3.38. The van der Waals surface area contributed by atoms with Crippen molar-refractivity contribution in [1.82, 2.24) is 5.32 Å². The summed E-state index contributed by atoms with van der Waals surface area (Å²) >= 11 is 1.80. The van der Waals surface area contributed by atoms with Crippen LogP contribution in [0, 0.1) is 5.82 Å². The van der Waals surface area contributed by atoms with Crippen LogP contribution in [0.4, 0.5) is 10.1 Å². The summed E-state index contributed by atoms with van der Waals surface area (Å²) in [4.78, 5) is 4.58. The van der Waals surface area contributed by atoms with Crippen LogP contribution in [0.25, 0.3) is 0 Å². The average molecular weight is 290 g/mol. The van der Waals surface area contributed by atoms with Gasteiger partial charge in [0.15, 0.2) is 0 Å². The minimum absolute atomic E-state index is 0.165. The lowest BCUT2D eigenvalue weighted by molar-refractivity contribution is 0.622. The Labute approximate surface area is 123 Å². The molecule has 1 fully saturated rings. The maximum atomic E-state index is 13.7. The largest absolute Gasteiger partial charge is 0.367 e. The molecule has 0 aliphatic heterocycles. The van der Waals surface area contributed by atoms with Crippen molar-refractivity contribution in [3.8, 4) is 0 Å². The van der Waals surface area contributed by atoms with Crippen LogP contribution in [0.1, 0.15) is 22.6 Å². The van der Waals surface area contributed by atoms with Gasteiger partial charge in [-0.3, -0.25) is 0 Å². The molecule has 1 heterocycles. The number of anilines is 1. The van der Waals surface area contributed by atoms with E-state index in [1.165, 1.54) is 28.7 Å². The van der Waals surface area contributed by atoms with Crippen LogP contribution in [0.15, 0.2) is 36.4 Å². The van der Waals surface area contributed by atoms with Gasteiger partial charge < -0.3 is 10.2 Å². The summed E-state index contributed by atoms with van der Waals surface area (Å²) < 4.78 is 13.7. The minimum atomic E-state index is -0.165. The number of benzene rings is 1. The summed E-state index contributed by atoms with van der Waals surface area (Å²) in [6.07, 6.45) is 2.63. The van der Waals surface area contributed by atoms with Crippen LogP contribution >= 0.6 is 11.3 Å². The highest BCUT2D eigenvalue weighted by Gasteiger charge is 2.20. The number of rotatable bonds is 6. The quantitative estimate of drug-likeness (QED) is 0.871. The highest BCUT2D eigenvalue weighted by Crippen LogP contribution is 2.24. The fraction of sp³-hybridized carbons (Fsp3) is 0.375. The molecule has 0 unspecified atom stereocenters. The van der Waals surface area contributed by atoms with Gasteiger partial charge >= 0.3 is 0 Å². The van der Waals surface area contributed by atoms with Gasteiger partial charge in [0.05, 0.1) is 12.2 Å². The average Bonchev–Trinajstić information content (AvgIpc) is 3.17.